The molecule has 0 fully saturated rings. The lowest BCUT2D eigenvalue weighted by molar-refractivity contribution is -0.977. The maximum absolute atomic E-state index is 15.6. The van der Waals surface area contributed by atoms with E-state index in [1.807, 2.05) is 24.3 Å². The van der Waals surface area contributed by atoms with Gasteiger partial charge >= 0.3 is 61.8 Å². The van der Waals surface area contributed by atoms with Crippen LogP contribution in [0.1, 0.15) is 126 Å². The zero-order valence-corrected chi connectivity index (χ0v) is 61.6. The van der Waals surface area contributed by atoms with Gasteiger partial charge in [0.1, 0.15) is 26.2 Å². The van der Waals surface area contributed by atoms with Gasteiger partial charge in [-0.25, -0.2) is 0 Å². The van der Waals surface area contributed by atoms with Gasteiger partial charge < -0.3 is 4.48 Å². The van der Waals surface area contributed by atoms with Crippen LogP contribution < -0.4 is 0 Å². The van der Waals surface area contributed by atoms with Crippen molar-refractivity contribution in [3.63, 3.8) is 0 Å². The summed E-state index contributed by atoms with van der Waals surface area (Å²) in [5, 5.41) is -1.77. The van der Waals surface area contributed by atoms with Gasteiger partial charge in [-0.2, -0.15) is 132 Å². The van der Waals surface area contributed by atoms with Crippen LogP contribution in [0.3, 0.4) is 0 Å². The van der Waals surface area contributed by atoms with Gasteiger partial charge in [0.15, 0.2) is 0 Å². The molecule has 0 saturated heterocycles. The molecule has 1 nitrogen and oxygen atoms in total. The van der Waals surface area contributed by atoms with Crippen LogP contribution in [0, 0.1) is 0 Å². The summed E-state index contributed by atoms with van der Waals surface area (Å²) in [5.41, 5.74) is -23.7. The van der Waals surface area contributed by atoms with Crippen molar-refractivity contribution in [2.24, 2.45) is 0 Å². The molecule has 1 spiro atoms. The number of nitrogens with zero attached hydrogens (tertiary/aromatic N) is 1. The molecule has 0 bridgehead atoms. The zero-order chi connectivity index (χ0) is 87.1. The Morgan fingerprint density at radius 3 is 0.669 bits per heavy atom. The van der Waals surface area contributed by atoms with E-state index in [1.165, 1.54) is 0 Å². The second-order valence-electron chi connectivity index (χ2n) is 31.1. The van der Waals surface area contributed by atoms with Gasteiger partial charge in [-0.15, -0.1) is 0 Å². The molecule has 0 atom stereocenters. The normalized spacial score (nSPS) is 15.5. The molecule has 31 heteroatoms. The Bertz CT molecular complexity index is 5550. The first-order valence-corrected chi connectivity index (χ1v) is 37.1. The van der Waals surface area contributed by atoms with E-state index in [9.17, 15) is 0 Å². The molecule has 16 rings (SSSR count). The van der Waals surface area contributed by atoms with Crippen LogP contribution in [0.5, 0.6) is 0 Å². The van der Waals surface area contributed by atoms with E-state index < -0.39 is 213 Å². The lowest BCUT2D eigenvalue weighted by Crippen LogP contribution is -2.44. The van der Waals surface area contributed by atoms with E-state index in [0.717, 1.165) is 94.8 Å². The minimum Gasteiger partial charge on any atom is -0.309 e. The van der Waals surface area contributed by atoms with Crippen LogP contribution in [0.25, 0.3) is 111 Å². The van der Waals surface area contributed by atoms with E-state index in [4.69, 9.17) is 0 Å². The predicted molar refractivity (Wildman–Crippen MR) is 390 cm³/mol. The van der Waals surface area contributed by atoms with E-state index in [0.29, 0.717) is 86.1 Å². The molecule has 0 amide bonds. The highest BCUT2D eigenvalue weighted by molar-refractivity contribution is 6.13. The Hall–Kier alpha value is -11.0. The minimum absolute atomic E-state index is 0.162. The molecule has 0 radical (unpaired) electrons. The van der Waals surface area contributed by atoms with Gasteiger partial charge in [0, 0.05) is 33.4 Å². The highest BCUT2D eigenvalue weighted by Crippen LogP contribution is 2.57. The Labute approximate surface area is 665 Å². The quantitative estimate of drug-likeness (QED) is 0.115. The highest BCUT2D eigenvalue weighted by Gasteiger charge is 2.47. The lowest BCUT2D eigenvalue weighted by atomic mass is 9.78. The van der Waals surface area contributed by atoms with Crippen molar-refractivity contribution in [1.82, 2.24) is 0 Å². The number of hydrogen-bond donors (Lipinski definition) is 0. The standard InChI is InChI=1S/C90H54F30N/c91-81(92,93)59-13-15-71-57(31-59)33-73(55-19-47(51-23-61(83(97,98)99)35-62(24-51)84(100,101)102)17-48(20-55)52-25-63(85(103,104)105)36-64(26-52)86(106,107)108)75-41-121(39-45-11-9-43-5-1-3-7-69(43)77(45)78-46(40-121)12-10-44-6-2-4-8-70(44)78)42-76-74(34-58-32-60(82(94,95)96)14-16-72(58)80(76)79(71)75)56-21-49(53-27-65(87(109,110)111)37-66(28-53)88(112,113)114)18-50(22-56)54-29-67(89(115,116)117)38-68(30-54)90(118,119)120/h9-38H,1-8,39-42H2/q+1. The smallest absolute Gasteiger partial charge is 0.309 e. The fourth-order valence-electron chi connectivity index (χ4n) is 17.8. The monoisotopic (exact) mass is 1720 g/mol. The maximum atomic E-state index is 15.6. The molecule has 121 heavy (non-hydrogen) atoms. The number of halogens is 30. The summed E-state index contributed by atoms with van der Waals surface area (Å²) in [6.07, 6.45) is -51.1. The van der Waals surface area contributed by atoms with Crippen molar-refractivity contribution in [1.29, 1.82) is 0 Å². The molecule has 0 aromatic heterocycles. The number of hydrogen-bond acceptors (Lipinski definition) is 0. The molecule has 12 aromatic carbocycles. The Balaban J connectivity index is 1.12. The summed E-state index contributed by atoms with van der Waals surface area (Å²) in [5.74, 6) is 0. The lowest BCUT2D eigenvalue weighted by Gasteiger charge is -2.39. The molecule has 0 saturated carbocycles. The summed E-state index contributed by atoms with van der Waals surface area (Å²) in [6, 6.07) is 18.1. The van der Waals surface area contributed by atoms with Gasteiger partial charge in [-0.1, -0.05) is 36.4 Å². The average molecular weight is 1720 g/mol. The van der Waals surface area contributed by atoms with Gasteiger partial charge in [0.05, 0.1) is 55.6 Å². The number of rotatable bonds is 6. The van der Waals surface area contributed by atoms with E-state index in [1.54, 1.807) is 0 Å². The highest BCUT2D eigenvalue weighted by atomic mass is 19.4. The van der Waals surface area contributed by atoms with Crippen molar-refractivity contribution in [2.45, 2.75) is 139 Å². The number of fused-ring (bicyclic) bond motifs is 14. The molecule has 0 N–H and O–H groups in total. The van der Waals surface area contributed by atoms with E-state index >= 15 is 132 Å². The average Bonchev–Trinajstić information content (AvgIpc) is 1.60. The van der Waals surface area contributed by atoms with Crippen molar-refractivity contribution in [2.75, 3.05) is 0 Å². The third kappa shape index (κ3) is 16.0. The molecule has 2 heterocycles. The predicted octanol–water partition coefficient (Wildman–Crippen LogP) is 30.8. The first-order chi connectivity index (χ1) is 56.1. The molecular formula is C90H54F30N+. The molecule has 2 aliphatic carbocycles. The molecule has 628 valence electrons. The fraction of sp³-hybridized carbons (Fsp3) is 0.244. The number of aryl methyl sites for hydroxylation is 2. The second kappa shape index (κ2) is 28.6. The minimum atomic E-state index is -5.66. The summed E-state index contributed by atoms with van der Waals surface area (Å²) in [4.78, 5) is 0. The maximum Gasteiger partial charge on any atom is 0.416 e. The molecule has 4 aliphatic rings. The first-order valence-electron chi connectivity index (χ1n) is 37.1. The Kier molecular flexibility index (Phi) is 19.8. The number of alkyl halides is 30. The third-order valence-corrected chi connectivity index (χ3v) is 23.1. The van der Waals surface area contributed by atoms with Crippen molar-refractivity contribution in [3.05, 3.63) is 282 Å². The second-order valence-corrected chi connectivity index (χ2v) is 31.1. The first kappa shape index (κ1) is 83.7. The van der Waals surface area contributed by atoms with E-state index in [-0.39, 0.29) is 119 Å². The Morgan fingerprint density at radius 1 is 0.182 bits per heavy atom. The number of benzene rings is 12. The van der Waals surface area contributed by atoms with Crippen molar-refractivity contribution >= 4 is 21.5 Å². The fourth-order valence-corrected chi connectivity index (χ4v) is 17.8. The Morgan fingerprint density at radius 2 is 0.413 bits per heavy atom. The number of quaternary nitrogens is 1. The molecular weight excluding hydrogens is 1660 g/mol. The van der Waals surface area contributed by atoms with Crippen LogP contribution in [0.2, 0.25) is 0 Å². The van der Waals surface area contributed by atoms with Gasteiger partial charge in [0.25, 0.3) is 0 Å². The zero-order valence-electron chi connectivity index (χ0n) is 61.6. The van der Waals surface area contributed by atoms with Crippen molar-refractivity contribution < 1.29 is 136 Å². The molecule has 2 aliphatic heterocycles. The van der Waals surface area contributed by atoms with Crippen LogP contribution in [-0.2, 0) is 114 Å². The van der Waals surface area contributed by atoms with Crippen LogP contribution >= 0.6 is 0 Å². The van der Waals surface area contributed by atoms with Gasteiger partial charge in [-0.05, 0) is 319 Å². The largest absolute Gasteiger partial charge is 0.416 e. The van der Waals surface area contributed by atoms with Gasteiger partial charge in [-0.3, -0.25) is 0 Å². The van der Waals surface area contributed by atoms with Crippen LogP contribution in [-0.4, -0.2) is 4.48 Å². The summed E-state index contributed by atoms with van der Waals surface area (Å²) in [6.45, 7) is -1.71. The summed E-state index contributed by atoms with van der Waals surface area (Å²) in [7, 11) is 0. The van der Waals surface area contributed by atoms with Crippen LogP contribution in [0.4, 0.5) is 132 Å². The summed E-state index contributed by atoms with van der Waals surface area (Å²) < 4.78 is 455. The van der Waals surface area contributed by atoms with Crippen LogP contribution in [0.15, 0.2) is 182 Å². The SMILES string of the molecule is FC(F)(F)c1cc(-c2cc(-c3cc(C(F)(F)F)cc(C(F)(F)F)c3)cc(-c3cc4cc(C(F)(F)F)ccc4c4c3C[N+]3(Cc5ccc6c(c5-c5c(ccc7c5CCCC7)C3)CCCC6)Cc3c(-c5cc(-c6cc(C(F)(F)F)cc(C(F)(F)F)c6)cc(-c6cc(C(F)(F)F)cc(C(F)(F)F)c6)c5)cc5cc(C(F)(F)F)ccc5c3-4)c2)cc(C(F)(F)F)c1. The van der Waals surface area contributed by atoms with E-state index in [2.05, 4.69) is 0 Å². The topological polar surface area (TPSA) is 0 Å². The molecule has 0 unspecified atom stereocenters. The third-order valence-electron chi connectivity index (χ3n) is 23.1. The van der Waals surface area contributed by atoms with Crippen molar-refractivity contribution in [3.8, 4) is 89.0 Å². The van der Waals surface area contributed by atoms with Gasteiger partial charge in [0.2, 0.25) is 0 Å². The summed E-state index contributed by atoms with van der Waals surface area (Å²) >= 11 is 0. The molecule has 12 aromatic rings.